The summed E-state index contributed by atoms with van der Waals surface area (Å²) in [6, 6.07) is 19.8. The first kappa shape index (κ1) is 28.6. The number of hydrogen-bond acceptors (Lipinski definition) is 6. The highest BCUT2D eigenvalue weighted by Gasteiger charge is 2.27. The summed E-state index contributed by atoms with van der Waals surface area (Å²) < 4.78 is 3.81. The first-order valence-electron chi connectivity index (χ1n) is 14.9. The van der Waals surface area contributed by atoms with Crippen molar-refractivity contribution in [1.82, 2.24) is 24.5 Å². The van der Waals surface area contributed by atoms with Gasteiger partial charge in [-0.1, -0.05) is 56.3 Å². The molecule has 6 rings (SSSR count). The summed E-state index contributed by atoms with van der Waals surface area (Å²) in [4.78, 5) is 18.3. The second kappa shape index (κ2) is 11.6. The van der Waals surface area contributed by atoms with Crippen molar-refractivity contribution in [2.75, 3.05) is 18.0 Å². The molecule has 222 valence electrons. The molecule has 0 bridgehead atoms. The van der Waals surface area contributed by atoms with Gasteiger partial charge in [0.2, 0.25) is 0 Å². The zero-order valence-corrected chi connectivity index (χ0v) is 25.1. The first-order valence-corrected chi connectivity index (χ1v) is 14.9. The predicted molar refractivity (Wildman–Crippen MR) is 168 cm³/mol. The fourth-order valence-electron chi connectivity index (χ4n) is 6.38. The Bertz CT molecular complexity index is 1770. The van der Waals surface area contributed by atoms with Gasteiger partial charge in [-0.15, -0.1) is 0 Å². The van der Waals surface area contributed by atoms with Gasteiger partial charge in [-0.2, -0.15) is 10.2 Å². The smallest absolute Gasteiger partial charge is 0.303 e. The van der Waals surface area contributed by atoms with Crippen LogP contribution in [0.3, 0.4) is 0 Å². The Hall–Kier alpha value is -4.50. The molecule has 4 heterocycles. The van der Waals surface area contributed by atoms with Gasteiger partial charge in [0.15, 0.2) is 0 Å². The number of fused-ring (bicyclic) bond motifs is 1. The second-order valence-corrected chi connectivity index (χ2v) is 11.9. The highest BCUT2D eigenvalue weighted by molar-refractivity contribution is 5.94. The number of hydrogen-bond donors (Lipinski definition) is 2. The number of aliphatic hydroxyl groups excluding tert-OH is 1. The number of anilines is 1. The molecule has 43 heavy (non-hydrogen) atoms. The first-order chi connectivity index (χ1) is 20.7. The highest BCUT2D eigenvalue weighted by Crippen LogP contribution is 2.37. The molecule has 1 fully saturated rings. The van der Waals surface area contributed by atoms with E-state index >= 15 is 0 Å². The molecule has 1 saturated heterocycles. The van der Waals surface area contributed by atoms with E-state index in [1.165, 1.54) is 5.56 Å². The lowest BCUT2D eigenvalue weighted by molar-refractivity contribution is -0.137. The molecule has 1 aliphatic rings. The number of carbonyl (C=O) groups is 1. The molecule has 2 aromatic carbocycles. The van der Waals surface area contributed by atoms with Crippen LogP contribution < -0.4 is 4.90 Å². The van der Waals surface area contributed by atoms with E-state index in [4.69, 9.17) is 15.2 Å². The van der Waals surface area contributed by atoms with Crippen LogP contribution in [0.1, 0.15) is 61.2 Å². The van der Waals surface area contributed by atoms with E-state index in [0.29, 0.717) is 13.1 Å². The number of aromatic nitrogens is 5. The average molecular weight is 579 g/mol. The molecular weight excluding hydrogens is 540 g/mol. The van der Waals surface area contributed by atoms with E-state index in [1.807, 2.05) is 71.0 Å². The number of aliphatic carboxylic acids is 1. The fraction of sp³-hybridized carbons (Fsp3) is 0.353. The molecule has 9 nitrogen and oxygen atoms in total. The molecule has 0 amide bonds. The van der Waals surface area contributed by atoms with Gasteiger partial charge in [0.05, 0.1) is 35.2 Å². The summed E-state index contributed by atoms with van der Waals surface area (Å²) >= 11 is 0. The molecule has 0 spiro atoms. The minimum Gasteiger partial charge on any atom is -0.481 e. The standard InChI is InChI=1S/C34H38N6O3/c1-21(2)33-23(4)40(29-13-14-31(35-22(29)3)38-16-15-24(18-38)17-32(42)43)37-34(33)26-11-8-12-28-27(26)19-39(36-28)20-30(41)25-9-6-5-7-10-25/h5-14,19,21,24,30,41H,15-18,20H2,1-4H3,(H,42,43). The van der Waals surface area contributed by atoms with Gasteiger partial charge in [-0.25, -0.2) is 9.67 Å². The Morgan fingerprint density at radius 2 is 1.81 bits per heavy atom. The minimum absolute atomic E-state index is 0.150. The summed E-state index contributed by atoms with van der Waals surface area (Å²) in [6.07, 6.45) is 2.40. The maximum atomic E-state index is 11.2. The molecule has 9 heteroatoms. The van der Waals surface area contributed by atoms with Crippen molar-refractivity contribution in [1.29, 1.82) is 0 Å². The third kappa shape index (κ3) is 5.64. The predicted octanol–water partition coefficient (Wildman–Crippen LogP) is 6.06. The van der Waals surface area contributed by atoms with E-state index in [2.05, 4.69) is 37.8 Å². The third-order valence-electron chi connectivity index (χ3n) is 8.48. The van der Waals surface area contributed by atoms with Crippen molar-refractivity contribution in [3.63, 3.8) is 0 Å². The van der Waals surface area contributed by atoms with Crippen LogP contribution in [-0.2, 0) is 11.3 Å². The normalized spacial score (nSPS) is 16.0. The number of nitrogens with zero attached hydrogens (tertiary/aromatic N) is 6. The van der Waals surface area contributed by atoms with Gasteiger partial charge in [0, 0.05) is 47.9 Å². The zero-order chi connectivity index (χ0) is 30.2. The monoisotopic (exact) mass is 578 g/mol. The molecule has 1 aliphatic heterocycles. The van der Waals surface area contributed by atoms with Crippen LogP contribution in [0, 0.1) is 19.8 Å². The van der Waals surface area contributed by atoms with Gasteiger partial charge < -0.3 is 15.1 Å². The van der Waals surface area contributed by atoms with E-state index < -0.39 is 12.1 Å². The van der Waals surface area contributed by atoms with Gasteiger partial charge in [-0.05, 0) is 55.9 Å². The summed E-state index contributed by atoms with van der Waals surface area (Å²) in [5.74, 6) is 0.512. The Labute approximate surface area is 251 Å². The number of aliphatic hydroxyl groups is 1. The SMILES string of the molecule is Cc1nc(N2CCC(CC(=O)O)C2)ccc1-n1nc(-c2cccc3nn(CC(O)c4ccccc4)cc23)c(C(C)C)c1C. The minimum atomic E-state index is -0.745. The van der Waals surface area contributed by atoms with Crippen LogP contribution in [0.2, 0.25) is 0 Å². The van der Waals surface area contributed by atoms with Gasteiger partial charge in [0.1, 0.15) is 5.82 Å². The van der Waals surface area contributed by atoms with Crippen LogP contribution in [0.5, 0.6) is 0 Å². The Kier molecular flexibility index (Phi) is 7.75. The quantitative estimate of drug-likeness (QED) is 0.219. The summed E-state index contributed by atoms with van der Waals surface area (Å²) in [6.45, 7) is 10.4. The van der Waals surface area contributed by atoms with E-state index in [0.717, 1.165) is 63.6 Å². The summed E-state index contributed by atoms with van der Waals surface area (Å²) in [5, 5.41) is 31.0. The molecule has 0 saturated carbocycles. The maximum Gasteiger partial charge on any atom is 0.303 e. The van der Waals surface area contributed by atoms with Gasteiger partial charge >= 0.3 is 5.97 Å². The van der Waals surface area contributed by atoms with Crippen molar-refractivity contribution in [3.05, 3.63) is 89.4 Å². The lowest BCUT2D eigenvalue weighted by atomic mass is 9.95. The number of pyridine rings is 1. The average Bonchev–Trinajstić information content (AvgIpc) is 3.70. The fourth-order valence-corrected chi connectivity index (χ4v) is 6.38. The van der Waals surface area contributed by atoms with E-state index in [-0.39, 0.29) is 18.3 Å². The molecule has 0 radical (unpaired) electrons. The molecule has 3 aromatic heterocycles. The Balaban J connectivity index is 1.34. The van der Waals surface area contributed by atoms with Crippen LogP contribution >= 0.6 is 0 Å². The maximum absolute atomic E-state index is 11.2. The zero-order valence-electron chi connectivity index (χ0n) is 25.1. The Morgan fingerprint density at radius 1 is 1.02 bits per heavy atom. The van der Waals surface area contributed by atoms with Crippen molar-refractivity contribution >= 4 is 22.7 Å². The van der Waals surface area contributed by atoms with E-state index in [9.17, 15) is 15.0 Å². The topological polar surface area (TPSA) is 109 Å². The lowest BCUT2D eigenvalue weighted by Gasteiger charge is -2.19. The number of carboxylic acids is 1. The number of aryl methyl sites for hydroxylation is 1. The Morgan fingerprint density at radius 3 is 2.53 bits per heavy atom. The number of benzene rings is 2. The third-order valence-corrected chi connectivity index (χ3v) is 8.48. The van der Waals surface area contributed by atoms with Gasteiger partial charge in [-0.3, -0.25) is 9.48 Å². The second-order valence-electron chi connectivity index (χ2n) is 11.9. The van der Waals surface area contributed by atoms with Crippen LogP contribution in [0.15, 0.2) is 66.9 Å². The molecule has 5 aromatic rings. The van der Waals surface area contributed by atoms with Crippen LogP contribution in [-0.4, -0.2) is 53.8 Å². The van der Waals surface area contributed by atoms with Crippen molar-refractivity contribution in [2.24, 2.45) is 5.92 Å². The number of rotatable bonds is 9. The largest absolute Gasteiger partial charge is 0.481 e. The lowest BCUT2D eigenvalue weighted by Crippen LogP contribution is -2.22. The van der Waals surface area contributed by atoms with Gasteiger partial charge in [0.25, 0.3) is 0 Å². The molecule has 2 unspecified atom stereocenters. The summed E-state index contributed by atoms with van der Waals surface area (Å²) in [7, 11) is 0. The number of carboxylic acid groups (broad SMARTS) is 1. The van der Waals surface area contributed by atoms with Crippen molar-refractivity contribution < 1.29 is 15.0 Å². The van der Waals surface area contributed by atoms with E-state index in [1.54, 1.807) is 0 Å². The van der Waals surface area contributed by atoms with Crippen LogP contribution in [0.25, 0.3) is 27.8 Å². The van der Waals surface area contributed by atoms with Crippen molar-refractivity contribution in [3.8, 4) is 16.9 Å². The molecule has 2 N–H and O–H groups in total. The van der Waals surface area contributed by atoms with Crippen molar-refractivity contribution in [2.45, 2.75) is 59.1 Å². The highest BCUT2D eigenvalue weighted by atomic mass is 16.4. The molecule has 0 aliphatic carbocycles. The molecular formula is C34H38N6O3. The molecule has 2 atom stereocenters. The summed E-state index contributed by atoms with van der Waals surface area (Å²) in [5.41, 5.74) is 7.66. The van der Waals surface area contributed by atoms with Crippen LogP contribution in [0.4, 0.5) is 5.82 Å².